The van der Waals surface area contributed by atoms with Crippen molar-refractivity contribution in [2.75, 3.05) is 18.4 Å². The summed E-state index contributed by atoms with van der Waals surface area (Å²) in [6, 6.07) is 1.46. The van der Waals surface area contributed by atoms with Gasteiger partial charge in [0.15, 0.2) is 6.04 Å². The Morgan fingerprint density at radius 3 is 2.47 bits per heavy atom. The topological polar surface area (TPSA) is 78.8 Å². The fourth-order valence-electron chi connectivity index (χ4n) is 4.28. The maximum absolute atomic E-state index is 13.8. The Bertz CT molecular complexity index is 891. The van der Waals surface area contributed by atoms with Crippen LogP contribution in [0.15, 0.2) is 18.3 Å². The average Bonchev–Trinajstić information content (AvgIpc) is 3.35. The Morgan fingerprint density at radius 2 is 1.90 bits per heavy atom. The Morgan fingerprint density at radius 1 is 1.20 bits per heavy atom. The Labute approximate surface area is 173 Å². The van der Waals surface area contributed by atoms with Gasteiger partial charge >= 0.3 is 6.18 Å². The summed E-state index contributed by atoms with van der Waals surface area (Å²) >= 11 is 0. The van der Waals surface area contributed by atoms with Crippen LogP contribution < -0.4 is 5.32 Å². The van der Waals surface area contributed by atoms with Crippen molar-refractivity contribution in [2.45, 2.75) is 64.2 Å². The van der Waals surface area contributed by atoms with Crippen LogP contribution in [0.3, 0.4) is 0 Å². The second-order valence-corrected chi connectivity index (χ2v) is 9.29. The standard InChI is InChI=1S/C20H27F3N6O/c1-19(2,3)15-11-16(20(21,22)23)29-17(25-15)10-14(27-29)12-5-8-28(9-6-12)18(30)13-4-7-24-26-13/h4,7,10,12,15-16,25H,5-6,8-9,11H2,1-3H3,(H,24,26)/t15-,16+/m0/s1. The number of amides is 1. The summed E-state index contributed by atoms with van der Waals surface area (Å²) < 4.78 is 42.4. The average molecular weight is 424 g/mol. The Hall–Kier alpha value is -2.52. The van der Waals surface area contributed by atoms with E-state index in [1.807, 2.05) is 20.8 Å². The number of H-pyrrole nitrogens is 1. The molecule has 2 aromatic heterocycles. The number of likely N-dealkylation sites (tertiary alicyclic amines) is 1. The van der Waals surface area contributed by atoms with Crippen molar-refractivity contribution in [3.8, 4) is 0 Å². The molecule has 4 heterocycles. The quantitative estimate of drug-likeness (QED) is 0.765. The summed E-state index contributed by atoms with van der Waals surface area (Å²) in [5.74, 6) is 0.342. The van der Waals surface area contributed by atoms with Crippen molar-refractivity contribution in [1.29, 1.82) is 0 Å². The molecule has 4 rings (SSSR count). The zero-order valence-corrected chi connectivity index (χ0v) is 17.3. The normalized spacial score (nSPS) is 23.2. The molecule has 2 N–H and O–H groups in total. The Balaban J connectivity index is 1.51. The summed E-state index contributed by atoms with van der Waals surface area (Å²) in [6.07, 6.45) is -1.54. The predicted molar refractivity (Wildman–Crippen MR) is 105 cm³/mol. The van der Waals surface area contributed by atoms with E-state index in [4.69, 9.17) is 0 Å². The second-order valence-electron chi connectivity index (χ2n) is 9.29. The largest absolute Gasteiger partial charge is 0.410 e. The van der Waals surface area contributed by atoms with E-state index in [0.717, 1.165) is 4.68 Å². The Kier molecular flexibility index (Phi) is 5.06. The lowest BCUT2D eigenvalue weighted by molar-refractivity contribution is -0.175. The highest BCUT2D eigenvalue weighted by atomic mass is 19.4. The second kappa shape index (κ2) is 7.31. The van der Waals surface area contributed by atoms with Gasteiger partial charge in [0.05, 0.1) is 5.69 Å². The lowest BCUT2D eigenvalue weighted by Gasteiger charge is -2.39. The minimum atomic E-state index is -4.36. The van der Waals surface area contributed by atoms with Crippen molar-refractivity contribution < 1.29 is 18.0 Å². The van der Waals surface area contributed by atoms with Gasteiger partial charge in [-0.15, -0.1) is 0 Å². The molecule has 2 aliphatic heterocycles. The maximum Gasteiger partial charge on any atom is 0.410 e. The van der Waals surface area contributed by atoms with Gasteiger partial charge in [-0.25, -0.2) is 4.68 Å². The van der Waals surface area contributed by atoms with Crippen LogP contribution in [0.4, 0.5) is 19.0 Å². The first-order valence-corrected chi connectivity index (χ1v) is 10.3. The van der Waals surface area contributed by atoms with Crippen molar-refractivity contribution in [3.05, 3.63) is 29.7 Å². The number of hydrogen-bond acceptors (Lipinski definition) is 4. The van der Waals surface area contributed by atoms with Crippen LogP contribution in [0.1, 0.15) is 68.2 Å². The van der Waals surface area contributed by atoms with Crippen LogP contribution in [0.2, 0.25) is 0 Å². The van der Waals surface area contributed by atoms with Gasteiger partial charge in [-0.1, -0.05) is 20.8 Å². The number of nitrogens with zero attached hydrogens (tertiary/aromatic N) is 4. The highest BCUT2D eigenvalue weighted by Gasteiger charge is 2.48. The number of piperidine rings is 1. The molecule has 0 unspecified atom stereocenters. The first kappa shape index (κ1) is 20.7. The number of alkyl halides is 3. The molecular weight excluding hydrogens is 397 g/mol. The molecule has 2 atom stereocenters. The zero-order valence-electron chi connectivity index (χ0n) is 17.3. The molecule has 0 aromatic carbocycles. The molecule has 0 spiro atoms. The van der Waals surface area contributed by atoms with Crippen molar-refractivity contribution >= 4 is 11.7 Å². The number of hydrogen-bond donors (Lipinski definition) is 2. The molecule has 164 valence electrons. The summed E-state index contributed by atoms with van der Waals surface area (Å²) in [5.41, 5.74) is 0.795. The summed E-state index contributed by atoms with van der Waals surface area (Å²) in [7, 11) is 0. The van der Waals surface area contributed by atoms with Crippen LogP contribution in [-0.4, -0.2) is 56.1 Å². The van der Waals surface area contributed by atoms with Gasteiger partial charge in [0.1, 0.15) is 11.5 Å². The van der Waals surface area contributed by atoms with Gasteiger partial charge in [-0.3, -0.25) is 9.89 Å². The number of rotatable bonds is 2. The highest BCUT2D eigenvalue weighted by molar-refractivity contribution is 5.92. The monoisotopic (exact) mass is 424 g/mol. The van der Waals surface area contributed by atoms with Crippen LogP contribution in [0.5, 0.6) is 0 Å². The van der Waals surface area contributed by atoms with E-state index in [2.05, 4.69) is 20.6 Å². The van der Waals surface area contributed by atoms with E-state index in [1.165, 1.54) is 6.20 Å². The van der Waals surface area contributed by atoms with Gasteiger partial charge in [-0.2, -0.15) is 23.4 Å². The number of aromatic amines is 1. The van der Waals surface area contributed by atoms with E-state index in [-0.39, 0.29) is 29.7 Å². The van der Waals surface area contributed by atoms with E-state index in [1.54, 1.807) is 17.0 Å². The molecular formula is C20H27F3N6O. The SMILES string of the molecule is CC(C)(C)[C@@H]1C[C@H](C(F)(F)F)n2nc(C3CCN(C(=O)c4ccn[nH]4)CC3)cc2N1. The van der Waals surface area contributed by atoms with Crippen LogP contribution >= 0.6 is 0 Å². The molecule has 0 saturated carbocycles. The number of carbonyl (C=O) groups is 1. The summed E-state index contributed by atoms with van der Waals surface area (Å²) in [4.78, 5) is 14.2. The molecule has 1 fully saturated rings. The molecule has 2 aromatic rings. The lowest BCUT2D eigenvalue weighted by atomic mass is 9.82. The third-order valence-electron chi connectivity index (χ3n) is 6.19. The van der Waals surface area contributed by atoms with Gasteiger partial charge in [0.2, 0.25) is 0 Å². The van der Waals surface area contributed by atoms with Crippen molar-refractivity contribution in [1.82, 2.24) is 24.9 Å². The fraction of sp³-hybridized carbons (Fsp3) is 0.650. The zero-order chi connectivity index (χ0) is 21.7. The van der Waals surface area contributed by atoms with E-state index < -0.39 is 12.2 Å². The molecule has 0 radical (unpaired) electrons. The number of halogens is 3. The number of nitrogens with one attached hydrogen (secondary N) is 2. The van der Waals surface area contributed by atoms with Crippen LogP contribution in [0.25, 0.3) is 0 Å². The third kappa shape index (κ3) is 3.91. The molecule has 0 bridgehead atoms. The number of anilines is 1. The van der Waals surface area contributed by atoms with Gasteiger partial charge in [0.25, 0.3) is 5.91 Å². The number of carbonyl (C=O) groups excluding carboxylic acids is 1. The lowest BCUT2D eigenvalue weighted by Crippen LogP contribution is -2.44. The first-order chi connectivity index (χ1) is 14.0. The summed E-state index contributed by atoms with van der Waals surface area (Å²) in [5, 5.41) is 14.1. The smallest absolute Gasteiger partial charge is 0.367 e. The van der Waals surface area contributed by atoms with E-state index >= 15 is 0 Å². The van der Waals surface area contributed by atoms with Crippen LogP contribution in [0, 0.1) is 5.41 Å². The molecule has 30 heavy (non-hydrogen) atoms. The van der Waals surface area contributed by atoms with E-state index in [9.17, 15) is 18.0 Å². The van der Waals surface area contributed by atoms with Crippen LogP contribution in [-0.2, 0) is 0 Å². The maximum atomic E-state index is 13.8. The molecule has 2 aliphatic rings. The number of fused-ring (bicyclic) bond motifs is 1. The fourth-order valence-corrected chi connectivity index (χ4v) is 4.28. The van der Waals surface area contributed by atoms with Crippen molar-refractivity contribution in [2.24, 2.45) is 5.41 Å². The molecule has 1 amide bonds. The van der Waals surface area contributed by atoms with Crippen molar-refractivity contribution in [3.63, 3.8) is 0 Å². The molecule has 10 heteroatoms. The predicted octanol–water partition coefficient (Wildman–Crippen LogP) is 3.96. The van der Waals surface area contributed by atoms with Gasteiger partial charge < -0.3 is 10.2 Å². The van der Waals surface area contributed by atoms with Gasteiger partial charge in [0, 0.05) is 37.3 Å². The van der Waals surface area contributed by atoms with E-state index in [0.29, 0.717) is 43.1 Å². The minimum Gasteiger partial charge on any atom is -0.367 e. The van der Waals surface area contributed by atoms with Gasteiger partial charge in [-0.05, 0) is 30.7 Å². The summed E-state index contributed by atoms with van der Waals surface area (Å²) in [6.45, 7) is 6.89. The third-order valence-corrected chi connectivity index (χ3v) is 6.19. The molecule has 0 aliphatic carbocycles. The highest BCUT2D eigenvalue weighted by Crippen LogP contribution is 2.44. The first-order valence-electron chi connectivity index (χ1n) is 10.3. The minimum absolute atomic E-state index is 0.0256. The molecule has 7 nitrogen and oxygen atoms in total. The number of aromatic nitrogens is 4. The molecule has 1 saturated heterocycles.